The first-order valence-electron chi connectivity index (χ1n) is 7.84. The van der Waals surface area contributed by atoms with Gasteiger partial charge in [0.2, 0.25) is 0 Å². The van der Waals surface area contributed by atoms with E-state index >= 15 is 0 Å². The van der Waals surface area contributed by atoms with Gasteiger partial charge in [-0.3, -0.25) is 4.90 Å². The van der Waals surface area contributed by atoms with Crippen LogP contribution in [0.1, 0.15) is 23.6 Å². The lowest BCUT2D eigenvalue weighted by molar-refractivity contribution is -0.138. The molecule has 2 aromatic carbocycles. The van der Waals surface area contributed by atoms with Gasteiger partial charge in [-0.1, -0.05) is 68.1 Å². The third-order valence-corrected chi connectivity index (χ3v) is 3.67. The van der Waals surface area contributed by atoms with Gasteiger partial charge in [0, 0.05) is 19.2 Å². The lowest BCUT2D eigenvalue weighted by Crippen LogP contribution is -2.22. The Morgan fingerprint density at radius 3 is 2.13 bits per heavy atom. The summed E-state index contributed by atoms with van der Waals surface area (Å²) in [5, 5.41) is 0. The molecule has 0 saturated carbocycles. The van der Waals surface area contributed by atoms with E-state index in [1.165, 1.54) is 17.2 Å². The van der Waals surface area contributed by atoms with Crippen LogP contribution in [0.2, 0.25) is 0 Å². The minimum Gasteiger partial charge on any atom is -0.458 e. The molecule has 0 amide bonds. The lowest BCUT2D eigenvalue weighted by Gasteiger charge is -2.20. The molecule has 3 heteroatoms. The number of hydrogen-bond donors (Lipinski definition) is 0. The molecule has 0 aliphatic rings. The van der Waals surface area contributed by atoms with Gasteiger partial charge < -0.3 is 4.74 Å². The highest BCUT2D eigenvalue weighted by Crippen LogP contribution is 2.11. The van der Waals surface area contributed by atoms with E-state index in [2.05, 4.69) is 54.8 Å². The second-order valence-corrected chi connectivity index (χ2v) is 5.42. The molecule has 0 atom stereocenters. The number of esters is 1. The van der Waals surface area contributed by atoms with Crippen LogP contribution in [0.15, 0.2) is 67.3 Å². The summed E-state index contributed by atoms with van der Waals surface area (Å²) in [4.78, 5) is 13.5. The number of rotatable bonds is 8. The number of carbonyl (C=O) groups is 1. The van der Waals surface area contributed by atoms with Crippen LogP contribution >= 0.6 is 0 Å². The van der Waals surface area contributed by atoms with Crippen LogP contribution in [0, 0.1) is 0 Å². The minimum atomic E-state index is -0.394. The van der Waals surface area contributed by atoms with Crippen LogP contribution in [-0.2, 0) is 29.2 Å². The van der Waals surface area contributed by atoms with Crippen LogP contribution in [-0.4, -0.2) is 17.4 Å². The van der Waals surface area contributed by atoms with E-state index in [1.54, 1.807) is 0 Å². The number of carbonyl (C=O) groups excluding carboxylic acids is 1. The zero-order chi connectivity index (χ0) is 16.5. The molecule has 0 radical (unpaired) electrons. The largest absolute Gasteiger partial charge is 0.458 e. The first-order valence-corrected chi connectivity index (χ1v) is 7.84. The zero-order valence-electron chi connectivity index (χ0n) is 13.6. The summed E-state index contributed by atoms with van der Waals surface area (Å²) in [5.41, 5.74) is 3.55. The first kappa shape index (κ1) is 17.0. The van der Waals surface area contributed by atoms with Crippen LogP contribution in [0.25, 0.3) is 0 Å². The maximum absolute atomic E-state index is 11.1. The van der Waals surface area contributed by atoms with E-state index in [0.29, 0.717) is 0 Å². The number of benzene rings is 2. The minimum absolute atomic E-state index is 0.284. The Kier molecular flexibility index (Phi) is 6.57. The van der Waals surface area contributed by atoms with Crippen molar-refractivity contribution in [1.82, 2.24) is 4.90 Å². The van der Waals surface area contributed by atoms with Crippen molar-refractivity contribution in [3.05, 3.63) is 83.9 Å². The summed E-state index contributed by atoms with van der Waals surface area (Å²) in [5.74, 6) is -0.394. The van der Waals surface area contributed by atoms with Crippen molar-refractivity contribution < 1.29 is 9.53 Å². The summed E-state index contributed by atoms with van der Waals surface area (Å²) >= 11 is 0. The number of hydrogen-bond acceptors (Lipinski definition) is 3. The van der Waals surface area contributed by atoms with Crippen molar-refractivity contribution in [1.29, 1.82) is 0 Å². The fraction of sp³-hybridized carbons (Fsp3) is 0.250. The van der Waals surface area contributed by atoms with Gasteiger partial charge in [0.25, 0.3) is 0 Å². The highest BCUT2D eigenvalue weighted by atomic mass is 16.5. The Balaban J connectivity index is 1.90. The van der Waals surface area contributed by atoms with E-state index in [1.807, 2.05) is 18.2 Å². The lowest BCUT2D eigenvalue weighted by atomic mass is 10.1. The Labute approximate surface area is 138 Å². The van der Waals surface area contributed by atoms with Crippen molar-refractivity contribution in [3.63, 3.8) is 0 Å². The molecule has 0 spiro atoms. The summed E-state index contributed by atoms with van der Waals surface area (Å²) < 4.78 is 5.03. The Bertz CT molecular complexity index is 620. The highest BCUT2D eigenvalue weighted by Gasteiger charge is 2.05. The fourth-order valence-corrected chi connectivity index (χ4v) is 2.33. The zero-order valence-corrected chi connectivity index (χ0v) is 13.6. The molecule has 2 rings (SSSR count). The smallest absolute Gasteiger partial charge is 0.330 e. The molecular formula is C20H23NO2. The third kappa shape index (κ3) is 5.72. The van der Waals surface area contributed by atoms with E-state index in [-0.39, 0.29) is 6.61 Å². The average Bonchev–Trinajstić information content (AvgIpc) is 2.61. The van der Waals surface area contributed by atoms with Crippen molar-refractivity contribution >= 4 is 5.97 Å². The average molecular weight is 309 g/mol. The monoisotopic (exact) mass is 309 g/mol. The SMILES string of the molecule is C=CC(=O)OCc1ccc(CN(CC)Cc2ccccc2)cc1. The predicted octanol–water partition coefficient (Wildman–Crippen LogP) is 3.94. The Morgan fingerprint density at radius 2 is 1.57 bits per heavy atom. The molecule has 0 fully saturated rings. The van der Waals surface area contributed by atoms with Crippen LogP contribution in [0.3, 0.4) is 0 Å². The standard InChI is InChI=1S/C20H23NO2/c1-3-20(22)23-16-19-12-10-18(11-13-19)15-21(4-2)14-17-8-6-5-7-9-17/h3,5-13H,1,4,14-16H2,2H3. The topological polar surface area (TPSA) is 29.5 Å². The third-order valence-electron chi connectivity index (χ3n) is 3.67. The molecule has 0 aliphatic carbocycles. The van der Waals surface area contributed by atoms with Gasteiger partial charge in [0.15, 0.2) is 0 Å². The maximum atomic E-state index is 11.1. The van der Waals surface area contributed by atoms with Gasteiger partial charge in [-0.25, -0.2) is 4.79 Å². The summed E-state index contributed by atoms with van der Waals surface area (Å²) in [6.07, 6.45) is 1.18. The van der Waals surface area contributed by atoms with E-state index in [4.69, 9.17) is 4.74 Å². The van der Waals surface area contributed by atoms with Crippen molar-refractivity contribution in [2.24, 2.45) is 0 Å². The van der Waals surface area contributed by atoms with Crippen molar-refractivity contribution in [3.8, 4) is 0 Å². The molecule has 120 valence electrons. The van der Waals surface area contributed by atoms with Gasteiger partial charge in [-0.2, -0.15) is 0 Å². The molecule has 23 heavy (non-hydrogen) atoms. The van der Waals surface area contributed by atoms with E-state index < -0.39 is 5.97 Å². The fourth-order valence-electron chi connectivity index (χ4n) is 2.33. The van der Waals surface area contributed by atoms with E-state index in [9.17, 15) is 4.79 Å². The van der Waals surface area contributed by atoms with Crippen LogP contribution in [0.5, 0.6) is 0 Å². The summed E-state index contributed by atoms with van der Waals surface area (Å²) in [7, 11) is 0. The van der Waals surface area contributed by atoms with Gasteiger partial charge in [-0.05, 0) is 23.2 Å². The molecule has 0 heterocycles. The van der Waals surface area contributed by atoms with Crippen molar-refractivity contribution in [2.45, 2.75) is 26.6 Å². The predicted molar refractivity (Wildman–Crippen MR) is 92.7 cm³/mol. The Morgan fingerprint density at radius 1 is 1.00 bits per heavy atom. The number of ether oxygens (including phenoxy) is 1. The second kappa shape index (κ2) is 8.91. The quantitative estimate of drug-likeness (QED) is 0.546. The molecule has 0 bridgehead atoms. The van der Waals surface area contributed by atoms with Crippen LogP contribution < -0.4 is 0 Å². The van der Waals surface area contributed by atoms with E-state index in [0.717, 1.165) is 25.2 Å². The van der Waals surface area contributed by atoms with Crippen molar-refractivity contribution in [2.75, 3.05) is 6.54 Å². The number of nitrogens with zero attached hydrogens (tertiary/aromatic N) is 1. The first-order chi connectivity index (χ1) is 11.2. The molecule has 2 aromatic rings. The molecule has 0 unspecified atom stereocenters. The maximum Gasteiger partial charge on any atom is 0.330 e. The Hall–Kier alpha value is -2.39. The second-order valence-electron chi connectivity index (χ2n) is 5.42. The normalized spacial score (nSPS) is 10.5. The molecule has 0 saturated heterocycles. The summed E-state index contributed by atoms with van der Waals surface area (Å²) in [6.45, 7) is 8.68. The van der Waals surface area contributed by atoms with Gasteiger partial charge in [-0.15, -0.1) is 0 Å². The summed E-state index contributed by atoms with van der Waals surface area (Å²) in [6, 6.07) is 18.7. The van der Waals surface area contributed by atoms with Gasteiger partial charge in [0.1, 0.15) is 6.61 Å². The highest BCUT2D eigenvalue weighted by molar-refractivity contribution is 5.81. The van der Waals surface area contributed by atoms with Crippen LogP contribution in [0.4, 0.5) is 0 Å². The molecule has 0 aromatic heterocycles. The molecular weight excluding hydrogens is 286 g/mol. The molecule has 0 N–H and O–H groups in total. The molecule has 3 nitrogen and oxygen atoms in total. The van der Waals surface area contributed by atoms with Gasteiger partial charge in [0.05, 0.1) is 0 Å². The van der Waals surface area contributed by atoms with Gasteiger partial charge >= 0.3 is 5.97 Å². The molecule has 0 aliphatic heterocycles.